The molecular formula is C86H108N8+2. The van der Waals surface area contributed by atoms with Crippen LogP contribution in [0.4, 0.5) is 11.4 Å². The van der Waals surface area contributed by atoms with E-state index in [9.17, 15) is 0 Å². The lowest BCUT2D eigenvalue weighted by Crippen LogP contribution is -2.43. The molecule has 2 aliphatic heterocycles. The number of pyridine rings is 4. The Morgan fingerprint density at radius 2 is 0.894 bits per heavy atom. The standard InChI is InChI=1S/C27H27N2.C26H33N2.C18H26N2.C15H22N2/c1-18-10-9-13-24(22-11-7-6-8-12-22)27(18)23-14-15-25(29(5)17-23)26-19(2)16-20(3)28-21(26)4;1-16(2)22-10-9-11-23(17(3)4)26(22)21-12-13-24(28(8)15-21)25-18(5)14-19(6)27-20(25)7;1-14-9-10-15(2)18(13-14)20-12-11-19(16(20)3)17-7-5-4-6-8-17;1-11(2)16-8-9-17(14(16)5)15-10-12(3)6-7-13(15)4/h6-17H,1-5H3;9-17H,1-8H3;9-13,16-17H,4-8H2,1-3H3;6-11,14H,1-5H3/q2*+1;;/t;;16-;14-/m..11/s1. The average Bonchev–Trinajstić information content (AvgIpc) is 0.979. The summed E-state index contributed by atoms with van der Waals surface area (Å²) < 4.78 is 4.48. The summed E-state index contributed by atoms with van der Waals surface area (Å²) in [5, 5.41) is 0. The normalized spacial score (nSPS) is 15.4. The van der Waals surface area contributed by atoms with Crippen LogP contribution < -0.4 is 18.9 Å². The highest BCUT2D eigenvalue weighted by Gasteiger charge is 2.31. The maximum Gasteiger partial charge on any atom is 0.214 e. The third-order valence-electron chi connectivity index (χ3n) is 19.5. The van der Waals surface area contributed by atoms with Gasteiger partial charge in [0, 0.05) is 82.9 Å². The van der Waals surface area contributed by atoms with Crippen molar-refractivity contribution in [2.45, 2.75) is 200 Å². The Morgan fingerprint density at radius 1 is 0.415 bits per heavy atom. The van der Waals surface area contributed by atoms with Gasteiger partial charge >= 0.3 is 0 Å². The Kier molecular flexibility index (Phi) is 22.7. The van der Waals surface area contributed by atoms with Gasteiger partial charge in [0.05, 0.1) is 22.5 Å². The van der Waals surface area contributed by atoms with Gasteiger partial charge in [-0.1, -0.05) is 138 Å². The van der Waals surface area contributed by atoms with E-state index >= 15 is 0 Å². The molecule has 2 atom stereocenters. The molecule has 490 valence electrons. The van der Waals surface area contributed by atoms with E-state index in [2.05, 4.69) is 356 Å². The molecule has 12 rings (SSSR count). The molecule has 8 nitrogen and oxygen atoms in total. The van der Waals surface area contributed by atoms with Crippen LogP contribution in [-0.2, 0) is 14.1 Å². The van der Waals surface area contributed by atoms with Crippen LogP contribution in [0.15, 0.2) is 177 Å². The van der Waals surface area contributed by atoms with E-state index in [0.29, 0.717) is 30.2 Å². The largest absolute Gasteiger partial charge is 0.353 e. The minimum Gasteiger partial charge on any atom is -0.353 e. The number of hydrogen-bond acceptors (Lipinski definition) is 6. The molecule has 0 unspecified atom stereocenters. The summed E-state index contributed by atoms with van der Waals surface area (Å²) in [4.78, 5) is 19.1. The molecule has 5 aromatic carbocycles. The van der Waals surface area contributed by atoms with E-state index < -0.39 is 0 Å². The van der Waals surface area contributed by atoms with Gasteiger partial charge in [0.1, 0.15) is 26.4 Å². The first-order chi connectivity index (χ1) is 44.8. The summed E-state index contributed by atoms with van der Waals surface area (Å²) in [6.45, 7) is 41.7. The molecule has 94 heavy (non-hydrogen) atoms. The first-order valence-corrected chi connectivity index (χ1v) is 34.6. The Labute approximate surface area is 566 Å². The third kappa shape index (κ3) is 15.8. The summed E-state index contributed by atoms with van der Waals surface area (Å²) in [6.07, 6.45) is 21.2. The number of nitrogens with zero attached hydrogens (tertiary/aromatic N) is 8. The van der Waals surface area contributed by atoms with Crippen molar-refractivity contribution in [3.63, 3.8) is 0 Å². The second-order valence-electron chi connectivity index (χ2n) is 27.9. The van der Waals surface area contributed by atoms with Crippen LogP contribution in [0.5, 0.6) is 0 Å². The maximum absolute atomic E-state index is 4.69. The number of benzene rings is 5. The molecular weight excluding hydrogens is 1150 g/mol. The third-order valence-corrected chi connectivity index (χ3v) is 19.5. The molecule has 0 radical (unpaired) electrons. The SMILES string of the molecule is Cc1cc(C)c(-c2ccc(-c3c(C(C)C)cccc3C(C)C)c[n+]2C)c(C)n1.Cc1cc(C)c(-c2ccc(-c3c(C)cccc3-c3ccccc3)c[n+]2C)c(C)n1.Cc1ccc(C)c(N2C=CN(C(C)C)[C@H]2C)c1.Cc1ccc(C)c(N2C=CN(C3CCCCC3)[C@H]2C)c1. The molecule has 6 heterocycles. The molecule has 1 aliphatic carbocycles. The lowest BCUT2D eigenvalue weighted by molar-refractivity contribution is -0.660. The van der Waals surface area contributed by atoms with Crippen molar-refractivity contribution < 1.29 is 9.13 Å². The fourth-order valence-electron chi connectivity index (χ4n) is 14.7. The van der Waals surface area contributed by atoms with Gasteiger partial charge in [-0.2, -0.15) is 0 Å². The smallest absolute Gasteiger partial charge is 0.214 e. The molecule has 3 aliphatic rings. The molecule has 1 fully saturated rings. The molecule has 1 saturated carbocycles. The Bertz CT molecular complexity index is 4090. The van der Waals surface area contributed by atoms with Gasteiger partial charge in [0.2, 0.25) is 11.4 Å². The first-order valence-electron chi connectivity index (χ1n) is 34.6. The zero-order valence-corrected chi connectivity index (χ0v) is 60.8. The van der Waals surface area contributed by atoms with Crippen LogP contribution in [0.1, 0.15) is 172 Å². The second kappa shape index (κ2) is 30.6. The van der Waals surface area contributed by atoms with Gasteiger partial charge in [0.25, 0.3) is 0 Å². The maximum atomic E-state index is 4.69. The van der Waals surface area contributed by atoms with Crippen LogP contribution in [0, 0.1) is 76.2 Å². The van der Waals surface area contributed by atoms with Crippen LogP contribution in [0.25, 0.3) is 55.9 Å². The van der Waals surface area contributed by atoms with Crippen molar-refractivity contribution in [2.24, 2.45) is 14.1 Å². The van der Waals surface area contributed by atoms with Gasteiger partial charge in [0.15, 0.2) is 12.4 Å². The number of aryl methyl sites for hydroxylation is 13. The molecule has 0 N–H and O–H groups in total. The van der Waals surface area contributed by atoms with E-state index in [-0.39, 0.29) is 0 Å². The second-order valence-corrected chi connectivity index (χ2v) is 27.9. The zero-order valence-electron chi connectivity index (χ0n) is 60.8. The summed E-state index contributed by atoms with van der Waals surface area (Å²) in [7, 11) is 4.27. The molecule has 9 aromatic rings. The highest BCUT2D eigenvalue weighted by atomic mass is 15.4. The molecule has 4 aromatic heterocycles. The van der Waals surface area contributed by atoms with E-state index in [1.807, 2.05) is 0 Å². The predicted molar refractivity (Wildman–Crippen MR) is 399 cm³/mol. The van der Waals surface area contributed by atoms with Crippen LogP contribution >= 0.6 is 0 Å². The fraction of sp³-hybridized carbons (Fsp3) is 0.372. The number of anilines is 2. The molecule has 0 bridgehead atoms. The van der Waals surface area contributed by atoms with Crippen molar-refractivity contribution in [1.29, 1.82) is 0 Å². The van der Waals surface area contributed by atoms with E-state index in [4.69, 9.17) is 4.98 Å². The summed E-state index contributed by atoms with van der Waals surface area (Å²) in [5.41, 5.74) is 31.5. The first kappa shape index (κ1) is 69.7. The summed E-state index contributed by atoms with van der Waals surface area (Å²) in [5.74, 6) is 0.981. The number of hydrogen-bond donors (Lipinski definition) is 0. The number of rotatable bonds is 11. The minimum absolute atomic E-state index is 0.399. The van der Waals surface area contributed by atoms with Gasteiger partial charge in [-0.25, -0.2) is 9.13 Å². The van der Waals surface area contributed by atoms with Crippen molar-refractivity contribution in [3.8, 4) is 55.9 Å². The zero-order chi connectivity index (χ0) is 67.8. The van der Waals surface area contributed by atoms with Gasteiger partial charge in [-0.15, -0.1) is 0 Å². The Hall–Kier alpha value is -8.62. The van der Waals surface area contributed by atoms with Crippen molar-refractivity contribution in [3.05, 3.63) is 250 Å². The van der Waals surface area contributed by atoms with E-state index in [1.165, 1.54) is 149 Å². The van der Waals surface area contributed by atoms with Gasteiger partial charge < -0.3 is 19.6 Å². The van der Waals surface area contributed by atoms with Crippen LogP contribution in [0.2, 0.25) is 0 Å². The van der Waals surface area contributed by atoms with Crippen molar-refractivity contribution in [1.82, 2.24) is 19.8 Å². The lowest BCUT2D eigenvalue weighted by atomic mass is 9.85. The van der Waals surface area contributed by atoms with Crippen LogP contribution in [-0.4, -0.2) is 44.2 Å². The van der Waals surface area contributed by atoms with Crippen molar-refractivity contribution in [2.75, 3.05) is 9.80 Å². The van der Waals surface area contributed by atoms with Gasteiger partial charge in [-0.05, 0) is 237 Å². The van der Waals surface area contributed by atoms with E-state index in [0.717, 1.165) is 28.8 Å². The molecule has 0 saturated heterocycles. The summed E-state index contributed by atoms with van der Waals surface area (Å²) >= 11 is 0. The fourth-order valence-corrected chi connectivity index (χ4v) is 14.7. The Morgan fingerprint density at radius 3 is 1.36 bits per heavy atom. The van der Waals surface area contributed by atoms with Crippen LogP contribution in [0.3, 0.4) is 0 Å². The quantitative estimate of drug-likeness (QED) is 0.120. The highest BCUT2D eigenvalue weighted by molar-refractivity contribution is 5.85. The topological polar surface area (TPSA) is 46.5 Å². The highest BCUT2D eigenvalue weighted by Crippen LogP contribution is 2.39. The molecule has 0 amide bonds. The van der Waals surface area contributed by atoms with Gasteiger partial charge in [-0.3, -0.25) is 9.97 Å². The predicted octanol–water partition coefficient (Wildman–Crippen LogP) is 20.8. The lowest BCUT2D eigenvalue weighted by Gasteiger charge is -2.38. The monoisotopic (exact) mass is 1250 g/mol. The average molecular weight is 1250 g/mol. The molecule has 0 spiro atoms. The van der Waals surface area contributed by atoms with Crippen molar-refractivity contribution >= 4 is 11.4 Å². The number of aromatic nitrogens is 4. The Balaban J connectivity index is 0.000000151. The summed E-state index contributed by atoms with van der Waals surface area (Å²) in [6, 6.07) is 51.9. The minimum atomic E-state index is 0.399. The van der Waals surface area contributed by atoms with E-state index in [1.54, 1.807) is 0 Å². The molecule has 8 heteroatoms.